The van der Waals surface area contributed by atoms with Crippen molar-refractivity contribution < 1.29 is 18.7 Å². The molecule has 25 heavy (non-hydrogen) atoms. The van der Waals surface area contributed by atoms with E-state index < -0.39 is 6.04 Å². The van der Waals surface area contributed by atoms with Gasteiger partial charge in [0.25, 0.3) is 5.91 Å². The molecule has 0 N–H and O–H groups in total. The summed E-state index contributed by atoms with van der Waals surface area (Å²) in [5.74, 6) is 0.0241. The van der Waals surface area contributed by atoms with E-state index in [-0.39, 0.29) is 24.0 Å². The fourth-order valence-electron chi connectivity index (χ4n) is 4.40. The Hall–Kier alpha value is -1.86. The molecule has 0 bridgehead atoms. The Labute approximate surface area is 149 Å². The minimum atomic E-state index is -0.394. The van der Waals surface area contributed by atoms with Crippen LogP contribution in [-0.2, 0) is 9.53 Å². The van der Waals surface area contributed by atoms with Gasteiger partial charge in [-0.2, -0.15) is 0 Å². The summed E-state index contributed by atoms with van der Waals surface area (Å²) < 4.78 is 12.2. The van der Waals surface area contributed by atoms with Gasteiger partial charge in [-0.15, -0.1) is 11.3 Å². The molecule has 3 aliphatic heterocycles. The largest absolute Gasteiger partial charge is 0.463 e. The van der Waals surface area contributed by atoms with Gasteiger partial charge in [-0.3, -0.25) is 9.59 Å². The van der Waals surface area contributed by atoms with Gasteiger partial charge in [-0.1, -0.05) is 0 Å². The highest BCUT2D eigenvalue weighted by Gasteiger charge is 2.51. The van der Waals surface area contributed by atoms with Crippen LogP contribution in [0.2, 0.25) is 0 Å². The van der Waals surface area contributed by atoms with Gasteiger partial charge in [-0.05, 0) is 25.3 Å². The third kappa shape index (κ3) is 2.40. The van der Waals surface area contributed by atoms with E-state index in [4.69, 9.17) is 9.15 Å². The average Bonchev–Trinajstić information content (AvgIpc) is 3.39. The molecular weight excluding hydrogens is 340 g/mol. The minimum absolute atomic E-state index is 0.0107. The second kappa shape index (κ2) is 5.85. The van der Waals surface area contributed by atoms with Gasteiger partial charge in [0.2, 0.25) is 5.91 Å². The first-order valence-corrected chi connectivity index (χ1v) is 9.74. The van der Waals surface area contributed by atoms with Crippen LogP contribution < -0.4 is 0 Å². The second-order valence-corrected chi connectivity index (χ2v) is 8.11. The van der Waals surface area contributed by atoms with E-state index in [1.807, 2.05) is 15.9 Å². The van der Waals surface area contributed by atoms with Crippen LogP contribution in [0.25, 0.3) is 10.3 Å². The van der Waals surface area contributed by atoms with Crippen molar-refractivity contribution in [2.24, 2.45) is 0 Å². The van der Waals surface area contributed by atoms with Crippen LogP contribution in [0.15, 0.2) is 22.8 Å². The number of hydrogen-bond acceptors (Lipinski definition) is 5. The fraction of sp³-hybridized carbons (Fsp3) is 0.556. The molecule has 2 aromatic heterocycles. The van der Waals surface area contributed by atoms with Crippen molar-refractivity contribution in [2.75, 3.05) is 19.7 Å². The SMILES string of the molecule is O=C([C@@H]1C[C@@H]2OCC[C@@H]2N1C(=O)c1cc2occc2s1)N1CCCC1. The summed E-state index contributed by atoms with van der Waals surface area (Å²) >= 11 is 1.43. The van der Waals surface area contributed by atoms with E-state index in [2.05, 4.69) is 0 Å². The Morgan fingerprint density at radius 2 is 2.08 bits per heavy atom. The molecule has 3 fully saturated rings. The van der Waals surface area contributed by atoms with Crippen molar-refractivity contribution in [3.05, 3.63) is 23.3 Å². The Balaban J connectivity index is 1.47. The van der Waals surface area contributed by atoms with Crippen LogP contribution >= 0.6 is 11.3 Å². The van der Waals surface area contributed by atoms with E-state index in [0.717, 1.165) is 42.6 Å². The standard InChI is InChI=1S/C18H20N2O4S/c21-17(19-5-1-2-6-19)12-9-13-11(3-7-23-13)20(12)18(22)16-10-14-15(25-16)4-8-24-14/h4,8,10-13H,1-3,5-7,9H2/t11-,12-,13-/m0/s1. The molecule has 2 amide bonds. The molecule has 5 rings (SSSR count). The maximum atomic E-state index is 13.3. The lowest BCUT2D eigenvalue weighted by Crippen LogP contribution is -2.49. The number of likely N-dealkylation sites (tertiary alicyclic amines) is 2. The van der Waals surface area contributed by atoms with E-state index in [1.165, 1.54) is 11.3 Å². The van der Waals surface area contributed by atoms with E-state index >= 15 is 0 Å². The fourth-order valence-corrected chi connectivity index (χ4v) is 5.33. The zero-order chi connectivity index (χ0) is 17.0. The van der Waals surface area contributed by atoms with Gasteiger partial charge in [-0.25, -0.2) is 0 Å². The third-order valence-electron chi connectivity index (χ3n) is 5.61. The normalized spacial score (nSPS) is 28.9. The Kier molecular flexibility index (Phi) is 3.60. The van der Waals surface area contributed by atoms with Crippen molar-refractivity contribution in [3.8, 4) is 0 Å². The highest BCUT2D eigenvalue weighted by molar-refractivity contribution is 7.20. The smallest absolute Gasteiger partial charge is 0.265 e. The Morgan fingerprint density at radius 1 is 1.24 bits per heavy atom. The molecule has 3 saturated heterocycles. The van der Waals surface area contributed by atoms with Crippen LogP contribution in [0.3, 0.4) is 0 Å². The molecule has 0 unspecified atom stereocenters. The summed E-state index contributed by atoms with van der Waals surface area (Å²) in [6, 6.07) is 3.28. The summed E-state index contributed by atoms with van der Waals surface area (Å²) in [6.45, 7) is 2.27. The van der Waals surface area contributed by atoms with Gasteiger partial charge < -0.3 is 19.0 Å². The van der Waals surface area contributed by atoms with Crippen molar-refractivity contribution in [3.63, 3.8) is 0 Å². The Morgan fingerprint density at radius 3 is 2.88 bits per heavy atom. The maximum absolute atomic E-state index is 13.3. The molecule has 3 atom stereocenters. The van der Waals surface area contributed by atoms with E-state index in [0.29, 0.717) is 17.9 Å². The van der Waals surface area contributed by atoms with Crippen molar-refractivity contribution in [1.29, 1.82) is 0 Å². The third-order valence-corrected chi connectivity index (χ3v) is 6.68. The number of thiophene rings is 1. The number of carbonyl (C=O) groups excluding carboxylic acids is 2. The monoisotopic (exact) mass is 360 g/mol. The first kappa shape index (κ1) is 15.4. The van der Waals surface area contributed by atoms with Crippen molar-refractivity contribution in [1.82, 2.24) is 9.80 Å². The Bertz CT molecular complexity index is 794. The summed E-state index contributed by atoms with van der Waals surface area (Å²) in [7, 11) is 0. The number of furan rings is 1. The molecule has 0 saturated carbocycles. The molecule has 6 nitrogen and oxygen atoms in total. The summed E-state index contributed by atoms with van der Waals surface area (Å²) in [5.41, 5.74) is 0.731. The number of ether oxygens (including phenoxy) is 1. The highest BCUT2D eigenvalue weighted by Crippen LogP contribution is 2.37. The topological polar surface area (TPSA) is 63.0 Å². The minimum Gasteiger partial charge on any atom is -0.463 e. The molecule has 0 aliphatic carbocycles. The lowest BCUT2D eigenvalue weighted by atomic mass is 10.1. The van der Waals surface area contributed by atoms with Crippen molar-refractivity contribution >= 4 is 33.4 Å². The molecular formula is C18H20N2O4S. The number of amides is 2. The molecule has 0 spiro atoms. The first-order valence-electron chi connectivity index (χ1n) is 8.92. The summed E-state index contributed by atoms with van der Waals surface area (Å²) in [4.78, 5) is 30.6. The molecule has 2 aromatic rings. The molecule has 5 heterocycles. The number of nitrogens with zero attached hydrogens (tertiary/aromatic N) is 2. The van der Waals surface area contributed by atoms with Crippen LogP contribution in [0.1, 0.15) is 35.4 Å². The van der Waals surface area contributed by atoms with Gasteiger partial charge in [0.05, 0.1) is 28.0 Å². The molecule has 3 aliphatic rings. The molecule has 0 radical (unpaired) electrons. The molecule has 7 heteroatoms. The number of rotatable bonds is 2. The number of hydrogen-bond donors (Lipinski definition) is 0. The zero-order valence-electron chi connectivity index (χ0n) is 13.8. The van der Waals surface area contributed by atoms with Gasteiger partial charge in [0.1, 0.15) is 11.6 Å². The number of fused-ring (bicyclic) bond motifs is 2. The summed E-state index contributed by atoms with van der Waals surface area (Å²) in [5, 5.41) is 0. The van der Waals surface area contributed by atoms with Gasteiger partial charge in [0.15, 0.2) is 0 Å². The maximum Gasteiger partial charge on any atom is 0.265 e. The first-order chi connectivity index (χ1) is 12.2. The predicted molar refractivity (Wildman–Crippen MR) is 92.6 cm³/mol. The molecule has 0 aromatic carbocycles. The van der Waals surface area contributed by atoms with Gasteiger partial charge >= 0.3 is 0 Å². The van der Waals surface area contributed by atoms with Crippen LogP contribution in [0.5, 0.6) is 0 Å². The lowest BCUT2D eigenvalue weighted by molar-refractivity contribution is -0.134. The van der Waals surface area contributed by atoms with Crippen LogP contribution in [0.4, 0.5) is 0 Å². The van der Waals surface area contributed by atoms with Crippen LogP contribution in [-0.4, -0.2) is 59.5 Å². The van der Waals surface area contributed by atoms with Gasteiger partial charge in [0, 0.05) is 32.2 Å². The summed E-state index contributed by atoms with van der Waals surface area (Å²) in [6.07, 6.45) is 5.15. The van der Waals surface area contributed by atoms with Crippen LogP contribution in [0, 0.1) is 0 Å². The van der Waals surface area contributed by atoms with Crippen molar-refractivity contribution in [2.45, 2.75) is 43.9 Å². The zero-order valence-corrected chi connectivity index (χ0v) is 14.7. The highest BCUT2D eigenvalue weighted by atomic mass is 32.1. The second-order valence-electron chi connectivity index (χ2n) is 7.02. The van der Waals surface area contributed by atoms with E-state index in [9.17, 15) is 9.59 Å². The average molecular weight is 360 g/mol. The quantitative estimate of drug-likeness (QED) is 0.825. The molecule has 132 valence electrons. The predicted octanol–water partition coefficient (Wildman–Crippen LogP) is 2.49. The number of carbonyl (C=O) groups is 2. The van der Waals surface area contributed by atoms with E-state index in [1.54, 1.807) is 12.3 Å². The lowest BCUT2D eigenvalue weighted by Gasteiger charge is -2.30.